The Hall–Kier alpha value is -2.86. The Morgan fingerprint density at radius 1 is 1.06 bits per heavy atom. The van der Waals surface area contributed by atoms with E-state index in [2.05, 4.69) is 53.1 Å². The van der Waals surface area contributed by atoms with Gasteiger partial charge in [-0.25, -0.2) is 0 Å². The lowest BCUT2D eigenvalue weighted by Gasteiger charge is -2.35. The third kappa shape index (κ3) is 4.43. The van der Waals surface area contributed by atoms with Crippen molar-refractivity contribution in [2.45, 2.75) is 51.9 Å². The van der Waals surface area contributed by atoms with Gasteiger partial charge in [-0.2, -0.15) is 0 Å². The van der Waals surface area contributed by atoms with Crippen molar-refractivity contribution < 1.29 is 9.32 Å². The van der Waals surface area contributed by atoms with Crippen molar-refractivity contribution in [3.8, 4) is 0 Å². The number of carbonyl (C=O) groups is 1. The monoisotopic (exact) mass is 460 g/mol. The van der Waals surface area contributed by atoms with Crippen molar-refractivity contribution in [1.82, 2.24) is 10.1 Å². The summed E-state index contributed by atoms with van der Waals surface area (Å²) in [6, 6.07) is 14.9. The van der Waals surface area contributed by atoms with Gasteiger partial charge in [0.1, 0.15) is 0 Å². The molecule has 1 saturated heterocycles. The lowest BCUT2D eigenvalue weighted by Crippen LogP contribution is -2.47. The fraction of sp³-hybridized carbons (Fsp3) is 0.500. The van der Waals surface area contributed by atoms with E-state index in [4.69, 9.17) is 4.52 Å². The second kappa shape index (κ2) is 9.41. The van der Waals surface area contributed by atoms with E-state index < -0.39 is 0 Å². The van der Waals surface area contributed by atoms with E-state index in [0.717, 1.165) is 81.0 Å². The summed E-state index contributed by atoms with van der Waals surface area (Å²) in [7, 11) is 0. The predicted octanol–water partition coefficient (Wildman–Crippen LogP) is 5.01. The summed E-state index contributed by atoms with van der Waals surface area (Å²) < 4.78 is 5.51. The van der Waals surface area contributed by atoms with Crippen molar-refractivity contribution in [1.29, 1.82) is 0 Å². The maximum Gasteiger partial charge on any atom is 0.226 e. The molecule has 180 valence electrons. The highest BCUT2D eigenvalue weighted by Crippen LogP contribution is 2.39. The highest BCUT2D eigenvalue weighted by atomic mass is 16.5. The van der Waals surface area contributed by atoms with Gasteiger partial charge in [-0.05, 0) is 54.0 Å². The number of hydrogen-bond acceptors (Lipinski definition) is 5. The van der Waals surface area contributed by atoms with Crippen molar-refractivity contribution in [3.05, 3.63) is 53.6 Å². The van der Waals surface area contributed by atoms with Crippen LogP contribution < -0.4 is 9.80 Å². The number of carbonyl (C=O) groups excluding carboxylic acids is 1. The number of anilines is 2. The molecule has 0 radical (unpaired) electrons. The molecule has 0 spiro atoms. The van der Waals surface area contributed by atoms with Crippen LogP contribution in [0, 0.1) is 0 Å². The Labute approximate surface area is 202 Å². The molecule has 0 N–H and O–H groups in total. The molecule has 0 saturated carbocycles. The van der Waals surface area contributed by atoms with Gasteiger partial charge in [0.25, 0.3) is 0 Å². The average Bonchev–Trinajstić information content (AvgIpc) is 3.24. The zero-order valence-corrected chi connectivity index (χ0v) is 20.7. The molecule has 1 fully saturated rings. The molecular weight excluding hydrogens is 424 g/mol. The molecule has 2 aliphatic rings. The number of aromatic nitrogens is 1. The number of para-hydroxylation sites is 1. The molecule has 3 heterocycles. The van der Waals surface area contributed by atoms with Gasteiger partial charge in [0, 0.05) is 51.4 Å². The Morgan fingerprint density at radius 2 is 1.85 bits per heavy atom. The fourth-order valence-corrected chi connectivity index (χ4v) is 5.47. The van der Waals surface area contributed by atoms with Crippen LogP contribution in [0.4, 0.5) is 11.5 Å². The molecule has 6 heteroatoms. The van der Waals surface area contributed by atoms with Crippen LogP contribution in [0.25, 0.3) is 11.0 Å². The third-order valence-corrected chi connectivity index (χ3v) is 7.61. The largest absolute Gasteiger partial charge is 0.354 e. The van der Waals surface area contributed by atoms with Crippen LogP contribution in [0.15, 0.2) is 47.0 Å². The van der Waals surface area contributed by atoms with E-state index in [9.17, 15) is 4.79 Å². The molecule has 0 atom stereocenters. The summed E-state index contributed by atoms with van der Waals surface area (Å²) in [6.45, 7) is 12.4. The number of amides is 1. The van der Waals surface area contributed by atoms with E-state index in [1.54, 1.807) is 0 Å². The maximum atomic E-state index is 12.6. The Morgan fingerprint density at radius 3 is 2.65 bits per heavy atom. The third-order valence-electron chi connectivity index (χ3n) is 7.61. The van der Waals surface area contributed by atoms with Crippen LogP contribution in [0.5, 0.6) is 0 Å². The fourth-order valence-electron chi connectivity index (χ4n) is 5.47. The van der Waals surface area contributed by atoms with Crippen molar-refractivity contribution in [2.75, 3.05) is 49.1 Å². The molecule has 3 aromatic rings. The van der Waals surface area contributed by atoms with Crippen LogP contribution in [-0.2, 0) is 16.6 Å². The molecule has 0 unspecified atom stereocenters. The van der Waals surface area contributed by atoms with Crippen LogP contribution in [0.1, 0.15) is 51.2 Å². The van der Waals surface area contributed by atoms with Crippen LogP contribution >= 0.6 is 0 Å². The van der Waals surface area contributed by atoms with E-state index in [1.165, 1.54) is 11.1 Å². The van der Waals surface area contributed by atoms with Gasteiger partial charge in [0.2, 0.25) is 5.91 Å². The molecule has 5 rings (SSSR count). The zero-order chi connectivity index (χ0) is 23.7. The molecule has 1 aromatic heterocycles. The van der Waals surface area contributed by atoms with Gasteiger partial charge < -0.3 is 14.3 Å². The number of benzene rings is 2. The lowest BCUT2D eigenvalue weighted by atomic mass is 9.79. The SMILES string of the molecule is CCC(=O)N1CCCC(C)(C)c2cc(CCN3CCN(c4noc5ccccc45)CC3)ccc21. The number of piperazine rings is 1. The maximum absolute atomic E-state index is 12.6. The first kappa shape index (κ1) is 22.9. The molecule has 6 nitrogen and oxygen atoms in total. The van der Waals surface area contributed by atoms with Crippen molar-refractivity contribution in [2.24, 2.45) is 0 Å². The second-order valence-electron chi connectivity index (χ2n) is 10.3. The number of hydrogen-bond donors (Lipinski definition) is 0. The molecule has 2 aliphatic heterocycles. The summed E-state index contributed by atoms with van der Waals surface area (Å²) in [5.74, 6) is 1.19. The van der Waals surface area contributed by atoms with Crippen LogP contribution in [0.2, 0.25) is 0 Å². The number of nitrogens with zero attached hydrogens (tertiary/aromatic N) is 4. The second-order valence-corrected chi connectivity index (χ2v) is 10.3. The smallest absolute Gasteiger partial charge is 0.226 e. The summed E-state index contributed by atoms with van der Waals surface area (Å²) in [5.41, 5.74) is 4.74. The van der Waals surface area contributed by atoms with E-state index in [-0.39, 0.29) is 11.3 Å². The van der Waals surface area contributed by atoms with Crippen LogP contribution in [0.3, 0.4) is 0 Å². The van der Waals surface area contributed by atoms with Gasteiger partial charge in [-0.1, -0.05) is 50.2 Å². The Balaban J connectivity index is 1.24. The molecular formula is C28H36N4O2. The van der Waals surface area contributed by atoms with Gasteiger partial charge in [-0.15, -0.1) is 0 Å². The summed E-state index contributed by atoms with van der Waals surface area (Å²) in [6.07, 6.45) is 3.74. The van der Waals surface area contributed by atoms with E-state index in [0.29, 0.717) is 6.42 Å². The quantitative estimate of drug-likeness (QED) is 0.536. The first-order valence-corrected chi connectivity index (χ1v) is 12.7. The van der Waals surface area contributed by atoms with Gasteiger partial charge in [-0.3, -0.25) is 9.69 Å². The zero-order valence-electron chi connectivity index (χ0n) is 20.7. The molecule has 0 aliphatic carbocycles. The Kier molecular flexibility index (Phi) is 6.34. The van der Waals surface area contributed by atoms with Gasteiger partial charge in [0.15, 0.2) is 11.4 Å². The minimum Gasteiger partial charge on any atom is -0.354 e. The standard InChI is InChI=1S/C28H36N4O2/c1-4-26(33)32-14-7-13-28(2,3)23-20-21(10-11-24(23)32)12-15-30-16-18-31(19-17-30)27-22-8-5-6-9-25(22)34-29-27/h5-6,8-11,20H,4,7,12-19H2,1-3H3. The van der Waals surface area contributed by atoms with Crippen molar-refractivity contribution in [3.63, 3.8) is 0 Å². The average molecular weight is 461 g/mol. The van der Waals surface area contributed by atoms with E-state index >= 15 is 0 Å². The predicted molar refractivity (Wildman–Crippen MR) is 138 cm³/mol. The van der Waals surface area contributed by atoms with Gasteiger partial charge >= 0.3 is 0 Å². The highest BCUT2D eigenvalue weighted by Gasteiger charge is 2.31. The molecule has 0 bridgehead atoms. The first-order valence-electron chi connectivity index (χ1n) is 12.7. The topological polar surface area (TPSA) is 52.8 Å². The van der Waals surface area contributed by atoms with Crippen molar-refractivity contribution >= 4 is 28.4 Å². The summed E-state index contributed by atoms with van der Waals surface area (Å²) in [5, 5.41) is 5.43. The highest BCUT2D eigenvalue weighted by molar-refractivity contribution is 5.94. The van der Waals surface area contributed by atoms with Crippen LogP contribution in [-0.4, -0.2) is 55.2 Å². The molecule has 1 amide bonds. The summed E-state index contributed by atoms with van der Waals surface area (Å²) in [4.78, 5) is 19.5. The first-order chi connectivity index (χ1) is 16.5. The van der Waals surface area contributed by atoms with Gasteiger partial charge in [0.05, 0.1) is 5.39 Å². The molecule has 34 heavy (non-hydrogen) atoms. The number of rotatable bonds is 5. The number of fused-ring (bicyclic) bond motifs is 2. The minimum absolute atomic E-state index is 0.0834. The minimum atomic E-state index is 0.0834. The lowest BCUT2D eigenvalue weighted by molar-refractivity contribution is -0.118. The Bertz CT molecular complexity index is 1160. The van der Waals surface area contributed by atoms with E-state index in [1.807, 2.05) is 30.0 Å². The molecule has 2 aromatic carbocycles. The normalized spacial score (nSPS) is 18.7. The summed E-state index contributed by atoms with van der Waals surface area (Å²) >= 11 is 0.